The number of ether oxygens (including phenoxy) is 2. The number of fused-ring (bicyclic) bond motifs is 2. The summed E-state index contributed by atoms with van der Waals surface area (Å²) in [5.74, 6) is -0.398. The van der Waals surface area contributed by atoms with Crippen LogP contribution in [-0.2, 0) is 24.4 Å². The Morgan fingerprint density at radius 2 is 1.44 bits per heavy atom. The van der Waals surface area contributed by atoms with Crippen LogP contribution in [-0.4, -0.2) is 128 Å². The molecule has 23 heteroatoms. The number of nitrogen functional groups attached to an aromatic ring is 2. The van der Waals surface area contributed by atoms with E-state index in [0.717, 1.165) is 10.8 Å². The second-order valence-electron chi connectivity index (χ2n) is 11.1. The minimum Gasteiger partial charge on any atom is -0.409 e. The van der Waals surface area contributed by atoms with E-state index in [-0.39, 0.29) is 50.9 Å². The number of hydrogen-bond donors (Lipinski definition) is 10. The van der Waals surface area contributed by atoms with Crippen molar-refractivity contribution in [2.45, 2.75) is 67.8 Å². The molecule has 6 heterocycles. The Hall–Kier alpha value is -4.30. The molecule has 2 unspecified atom stereocenters. The normalized spacial score (nSPS) is 28.2. The Balaban J connectivity index is 1.33. The molecule has 2 aliphatic rings. The van der Waals surface area contributed by atoms with Gasteiger partial charge in [-0.05, 0) is 13.8 Å². The Morgan fingerprint density at radius 1 is 0.896 bits per heavy atom. The predicted octanol–water partition coefficient (Wildman–Crippen LogP) is -3.21. The van der Waals surface area contributed by atoms with Crippen LogP contribution in [0.15, 0.2) is 22.4 Å². The SMILES string of the molecule is Cc1nc(N)c2c(/C(=N/O)NO[C@@H]3C(CO)O[C@@H](n4cc(S(=O)(=O)O)c5c(N)nc(C)nc54)[C@@H]3O)cn([C@@H]3OC(CO)[C@@H](O)[C@H]3O)c2n1. The van der Waals surface area contributed by atoms with Crippen molar-refractivity contribution in [2.75, 3.05) is 24.7 Å². The fourth-order valence-corrected chi connectivity index (χ4v) is 6.61. The van der Waals surface area contributed by atoms with Crippen LogP contribution in [0, 0.1) is 13.8 Å². The summed E-state index contributed by atoms with van der Waals surface area (Å²) in [6, 6.07) is 0. The maximum atomic E-state index is 12.2. The van der Waals surface area contributed by atoms with E-state index in [2.05, 4.69) is 30.6 Å². The molecule has 2 fully saturated rings. The topological polar surface area (TPSA) is 341 Å². The number of nitrogens with zero attached hydrogens (tertiary/aromatic N) is 7. The van der Waals surface area contributed by atoms with Gasteiger partial charge in [-0.1, -0.05) is 5.16 Å². The minimum atomic E-state index is -4.85. The average Bonchev–Trinajstić information content (AvgIpc) is 3.75. The largest absolute Gasteiger partial charge is 0.409 e. The van der Waals surface area contributed by atoms with E-state index in [1.165, 1.54) is 17.7 Å². The Bertz CT molecular complexity index is 2020. The first-order chi connectivity index (χ1) is 22.7. The number of rotatable bonds is 8. The quantitative estimate of drug-likeness (QED) is 0.0285. The molecule has 8 atom stereocenters. The highest BCUT2D eigenvalue weighted by Crippen LogP contribution is 2.38. The molecule has 2 saturated heterocycles. The first-order valence-electron chi connectivity index (χ1n) is 14.2. The van der Waals surface area contributed by atoms with Crippen molar-refractivity contribution in [3.8, 4) is 0 Å². The molecule has 4 aromatic heterocycles. The van der Waals surface area contributed by atoms with Gasteiger partial charge in [-0.2, -0.15) is 8.42 Å². The molecule has 0 radical (unpaired) electrons. The number of anilines is 2. The van der Waals surface area contributed by atoms with Crippen molar-refractivity contribution in [1.29, 1.82) is 0 Å². The monoisotopic (exact) mass is 696 g/mol. The predicted molar refractivity (Wildman–Crippen MR) is 160 cm³/mol. The fourth-order valence-electron chi connectivity index (χ4n) is 5.91. The van der Waals surface area contributed by atoms with E-state index in [0.29, 0.717) is 0 Å². The molecule has 0 saturated carbocycles. The summed E-state index contributed by atoms with van der Waals surface area (Å²) in [7, 11) is -4.85. The van der Waals surface area contributed by atoms with Crippen LogP contribution < -0.4 is 16.9 Å². The maximum absolute atomic E-state index is 12.2. The number of aryl methyl sites for hydroxylation is 2. The van der Waals surface area contributed by atoms with Crippen molar-refractivity contribution in [1.82, 2.24) is 34.6 Å². The maximum Gasteiger partial charge on any atom is 0.296 e. The number of oxime groups is 1. The number of nitrogens with two attached hydrogens (primary N) is 2. The molecular formula is C25H32N10O12S. The summed E-state index contributed by atoms with van der Waals surface area (Å²) < 4.78 is 48.0. The number of aliphatic hydroxyl groups excluding tert-OH is 5. The summed E-state index contributed by atoms with van der Waals surface area (Å²) in [6.45, 7) is 1.73. The number of aliphatic hydroxyl groups is 5. The van der Waals surface area contributed by atoms with Gasteiger partial charge in [0.2, 0.25) is 0 Å². The molecule has 4 aromatic rings. The van der Waals surface area contributed by atoms with Gasteiger partial charge in [0.25, 0.3) is 10.1 Å². The lowest BCUT2D eigenvalue weighted by atomic mass is 10.1. The number of hydrogen-bond acceptors (Lipinski definition) is 18. The Morgan fingerprint density at radius 3 is 2.00 bits per heavy atom. The second kappa shape index (κ2) is 12.3. The highest BCUT2D eigenvalue weighted by molar-refractivity contribution is 7.86. The van der Waals surface area contributed by atoms with Gasteiger partial charge >= 0.3 is 0 Å². The van der Waals surface area contributed by atoms with Crippen LogP contribution in [0.25, 0.3) is 22.1 Å². The first kappa shape index (κ1) is 33.6. The Labute approximate surface area is 269 Å². The van der Waals surface area contributed by atoms with E-state index < -0.39 is 83.1 Å². The molecule has 0 amide bonds. The van der Waals surface area contributed by atoms with E-state index in [4.69, 9.17) is 25.8 Å². The van der Waals surface area contributed by atoms with Gasteiger partial charge in [0.1, 0.15) is 76.1 Å². The smallest absolute Gasteiger partial charge is 0.296 e. The first-order valence-corrected chi connectivity index (χ1v) is 15.6. The molecule has 22 nitrogen and oxygen atoms in total. The number of amidine groups is 1. The van der Waals surface area contributed by atoms with Gasteiger partial charge in [0.15, 0.2) is 18.3 Å². The van der Waals surface area contributed by atoms with Crippen molar-refractivity contribution in [3.63, 3.8) is 0 Å². The molecule has 260 valence electrons. The summed E-state index contributed by atoms with van der Waals surface area (Å²) in [5.41, 5.74) is 14.5. The van der Waals surface area contributed by atoms with Crippen LogP contribution in [0.4, 0.5) is 11.6 Å². The van der Waals surface area contributed by atoms with Crippen LogP contribution in [0.2, 0.25) is 0 Å². The van der Waals surface area contributed by atoms with Crippen LogP contribution >= 0.6 is 0 Å². The van der Waals surface area contributed by atoms with Gasteiger partial charge in [-0.3, -0.25) is 9.39 Å². The number of nitrogens with one attached hydrogen (secondary N) is 1. The van der Waals surface area contributed by atoms with Crippen molar-refractivity contribution >= 4 is 49.7 Å². The van der Waals surface area contributed by atoms with Gasteiger partial charge in [0, 0.05) is 12.4 Å². The van der Waals surface area contributed by atoms with Crippen LogP contribution in [0.3, 0.4) is 0 Å². The zero-order chi connectivity index (χ0) is 34.8. The third-order valence-corrected chi connectivity index (χ3v) is 8.93. The Kier molecular flexibility index (Phi) is 8.61. The third kappa shape index (κ3) is 5.44. The fraction of sp³-hybridized carbons (Fsp3) is 0.480. The van der Waals surface area contributed by atoms with Crippen molar-refractivity contribution in [3.05, 3.63) is 29.6 Å². The molecule has 12 N–H and O–H groups in total. The van der Waals surface area contributed by atoms with E-state index in [9.17, 15) is 43.7 Å². The zero-order valence-corrected chi connectivity index (χ0v) is 25.9. The highest BCUT2D eigenvalue weighted by Gasteiger charge is 2.48. The molecule has 2 aliphatic heterocycles. The van der Waals surface area contributed by atoms with Crippen LogP contribution in [0.5, 0.6) is 0 Å². The standard InChI is InChI=1S/C25H32N10O12S/c1-7-28-19(26)13-9(3-34(22(13)30-7)24-16(39)15(38)10(5-36)45-24)21(32-41)33-47-18-11(6-37)46-25(17(18)40)35-4-12(48(42,43)44)14-20(27)29-8(2)31-23(14)35/h3-4,10-11,15-18,24-25,36-41H,5-6H2,1-2H3,(H,32,33)(H2,26,28,30)(H2,27,29,31)(H,42,43,44)/t10?,11?,15-,16-,17-,18-,24-,25-/m1/s1. The molecule has 48 heavy (non-hydrogen) atoms. The third-order valence-electron chi connectivity index (χ3n) is 8.07. The van der Waals surface area contributed by atoms with Gasteiger partial charge in [-0.15, -0.1) is 0 Å². The number of aromatic nitrogens is 6. The molecule has 0 aliphatic carbocycles. The average molecular weight is 697 g/mol. The lowest BCUT2D eigenvalue weighted by Crippen LogP contribution is -2.42. The van der Waals surface area contributed by atoms with E-state index in [1.807, 2.05) is 0 Å². The van der Waals surface area contributed by atoms with Gasteiger partial charge in [-0.25, -0.2) is 25.4 Å². The van der Waals surface area contributed by atoms with Crippen molar-refractivity contribution in [2.24, 2.45) is 5.16 Å². The molecule has 0 aromatic carbocycles. The minimum absolute atomic E-state index is 0.00471. The lowest BCUT2D eigenvalue weighted by molar-refractivity contribution is -0.0795. The van der Waals surface area contributed by atoms with Gasteiger partial charge < -0.3 is 60.8 Å². The van der Waals surface area contributed by atoms with E-state index >= 15 is 0 Å². The summed E-state index contributed by atoms with van der Waals surface area (Å²) in [5, 5.41) is 65.1. The number of hydroxylamine groups is 1. The lowest BCUT2D eigenvalue weighted by Gasteiger charge is -2.20. The highest BCUT2D eigenvalue weighted by atomic mass is 32.2. The molecule has 0 spiro atoms. The molecular weight excluding hydrogens is 664 g/mol. The summed E-state index contributed by atoms with van der Waals surface area (Å²) in [6.07, 6.45) is -8.88. The summed E-state index contributed by atoms with van der Waals surface area (Å²) in [4.78, 5) is 21.7. The summed E-state index contributed by atoms with van der Waals surface area (Å²) >= 11 is 0. The zero-order valence-electron chi connectivity index (χ0n) is 25.1. The molecule has 0 bridgehead atoms. The van der Waals surface area contributed by atoms with E-state index in [1.54, 1.807) is 6.92 Å². The molecule has 6 rings (SSSR count). The van der Waals surface area contributed by atoms with Crippen LogP contribution in [0.1, 0.15) is 29.7 Å². The van der Waals surface area contributed by atoms with Crippen molar-refractivity contribution < 1.29 is 58.0 Å². The second-order valence-corrected chi connectivity index (χ2v) is 12.5. The van der Waals surface area contributed by atoms with Gasteiger partial charge in [0.05, 0.1) is 29.5 Å².